The standard InChI is InChI=1S/C15H22Cl2.C8H17Cl/c1-6-15(13(2,3)16,14(4,5)17)12-10-8-7-9-11-12;1-7(2,3)6-8(4,5)9/h7-11H,6H2,1-5H3;6H2,1-5H3. The molecule has 26 heavy (non-hydrogen) atoms. The molecule has 0 bridgehead atoms. The minimum atomic E-state index is -0.408. The smallest absolute Gasteiger partial charge is 0.0503 e. The van der Waals surface area contributed by atoms with E-state index in [1.807, 2.05) is 18.2 Å². The van der Waals surface area contributed by atoms with Crippen molar-refractivity contribution in [3.8, 4) is 0 Å². The molecule has 0 heterocycles. The summed E-state index contributed by atoms with van der Waals surface area (Å²) in [6.07, 6.45) is 1.96. The zero-order valence-corrected chi connectivity index (χ0v) is 20.7. The Morgan fingerprint density at radius 2 is 1.08 bits per heavy atom. The van der Waals surface area contributed by atoms with Crippen LogP contribution in [0.2, 0.25) is 0 Å². The third kappa shape index (κ3) is 7.61. The Kier molecular flexibility index (Phi) is 9.09. The van der Waals surface area contributed by atoms with E-state index in [0.29, 0.717) is 5.41 Å². The summed E-state index contributed by atoms with van der Waals surface area (Å²) in [4.78, 5) is -0.860. The van der Waals surface area contributed by atoms with Gasteiger partial charge in [0.1, 0.15) is 0 Å². The van der Waals surface area contributed by atoms with Crippen LogP contribution in [0, 0.1) is 5.41 Å². The largest absolute Gasteiger partial charge is 0.120 e. The molecule has 152 valence electrons. The van der Waals surface area contributed by atoms with Crippen LogP contribution in [0.3, 0.4) is 0 Å². The Morgan fingerprint density at radius 1 is 0.692 bits per heavy atom. The third-order valence-electron chi connectivity index (χ3n) is 4.78. The Morgan fingerprint density at radius 3 is 1.27 bits per heavy atom. The molecule has 1 aromatic carbocycles. The van der Waals surface area contributed by atoms with Crippen LogP contribution in [0.25, 0.3) is 0 Å². The maximum Gasteiger partial charge on any atom is 0.0503 e. The number of alkyl halides is 3. The van der Waals surface area contributed by atoms with Crippen LogP contribution in [0.5, 0.6) is 0 Å². The summed E-state index contributed by atoms with van der Waals surface area (Å²) < 4.78 is 0. The molecule has 0 aliphatic carbocycles. The van der Waals surface area contributed by atoms with Crippen LogP contribution in [-0.2, 0) is 5.41 Å². The highest BCUT2D eigenvalue weighted by molar-refractivity contribution is 6.28. The molecule has 0 nitrogen and oxygen atoms in total. The van der Waals surface area contributed by atoms with Crippen molar-refractivity contribution in [2.24, 2.45) is 5.41 Å². The number of hydrogen-bond acceptors (Lipinski definition) is 0. The molecule has 1 aromatic rings. The van der Waals surface area contributed by atoms with Gasteiger partial charge in [0.05, 0.1) is 9.75 Å². The first kappa shape index (κ1) is 26.1. The van der Waals surface area contributed by atoms with Gasteiger partial charge in [0.2, 0.25) is 0 Å². The van der Waals surface area contributed by atoms with Crippen molar-refractivity contribution < 1.29 is 0 Å². The number of rotatable bonds is 5. The molecule has 0 spiro atoms. The molecule has 1 rings (SSSR count). The van der Waals surface area contributed by atoms with E-state index in [1.54, 1.807) is 0 Å². The van der Waals surface area contributed by atoms with Gasteiger partial charge in [0, 0.05) is 10.3 Å². The molecule has 0 atom stereocenters. The summed E-state index contributed by atoms with van der Waals surface area (Å²) in [7, 11) is 0. The van der Waals surface area contributed by atoms with Gasteiger partial charge in [-0.25, -0.2) is 0 Å². The first-order chi connectivity index (χ1) is 11.4. The van der Waals surface area contributed by atoms with Crippen molar-refractivity contribution in [1.82, 2.24) is 0 Å². The minimum absolute atomic E-state index is 0.0434. The molecule has 0 radical (unpaired) electrons. The fraction of sp³-hybridized carbons (Fsp3) is 0.739. The molecule has 0 saturated heterocycles. The van der Waals surface area contributed by atoms with Gasteiger partial charge in [-0.2, -0.15) is 0 Å². The summed E-state index contributed by atoms with van der Waals surface area (Å²) >= 11 is 19.4. The van der Waals surface area contributed by atoms with Crippen molar-refractivity contribution in [3.05, 3.63) is 35.9 Å². The Labute approximate surface area is 178 Å². The molecule has 3 heteroatoms. The zero-order chi connectivity index (χ0) is 21.0. The molecular weight excluding hydrogens is 383 g/mol. The van der Waals surface area contributed by atoms with E-state index in [0.717, 1.165) is 12.8 Å². The topological polar surface area (TPSA) is 0 Å². The van der Waals surface area contributed by atoms with E-state index < -0.39 is 9.75 Å². The van der Waals surface area contributed by atoms with E-state index in [9.17, 15) is 0 Å². The van der Waals surface area contributed by atoms with Crippen LogP contribution in [0.1, 0.15) is 87.6 Å². The molecule has 0 N–H and O–H groups in total. The van der Waals surface area contributed by atoms with Crippen molar-refractivity contribution in [3.63, 3.8) is 0 Å². The second kappa shape index (κ2) is 9.06. The fourth-order valence-electron chi connectivity index (χ4n) is 4.42. The predicted molar refractivity (Wildman–Crippen MR) is 122 cm³/mol. The average molecular weight is 422 g/mol. The van der Waals surface area contributed by atoms with Crippen LogP contribution in [0.15, 0.2) is 30.3 Å². The molecule has 0 aliphatic rings. The molecule has 0 saturated carbocycles. The Bertz CT molecular complexity index is 494. The quantitative estimate of drug-likeness (QED) is 0.416. The van der Waals surface area contributed by atoms with Crippen molar-refractivity contribution in [2.45, 2.75) is 102 Å². The van der Waals surface area contributed by atoms with Crippen LogP contribution < -0.4 is 0 Å². The first-order valence-electron chi connectivity index (χ1n) is 9.50. The lowest BCUT2D eigenvalue weighted by Gasteiger charge is -2.51. The van der Waals surface area contributed by atoms with Crippen molar-refractivity contribution in [1.29, 1.82) is 0 Å². The van der Waals surface area contributed by atoms with E-state index in [1.165, 1.54) is 5.56 Å². The lowest BCUT2D eigenvalue weighted by atomic mass is 9.62. The minimum Gasteiger partial charge on any atom is -0.120 e. The second-order valence-electron chi connectivity index (χ2n) is 10.0. The molecule has 0 amide bonds. The zero-order valence-electron chi connectivity index (χ0n) is 18.4. The highest BCUT2D eigenvalue weighted by Crippen LogP contribution is 2.52. The van der Waals surface area contributed by atoms with E-state index in [-0.39, 0.29) is 10.3 Å². The molecule has 0 aliphatic heterocycles. The molecule has 0 unspecified atom stereocenters. The van der Waals surface area contributed by atoms with Gasteiger partial charge in [-0.15, -0.1) is 34.8 Å². The van der Waals surface area contributed by atoms with E-state index >= 15 is 0 Å². The highest BCUT2D eigenvalue weighted by Gasteiger charge is 2.53. The number of halogens is 3. The van der Waals surface area contributed by atoms with E-state index in [4.69, 9.17) is 34.8 Å². The van der Waals surface area contributed by atoms with Gasteiger partial charge in [-0.05, 0) is 65.4 Å². The maximum atomic E-state index is 6.69. The van der Waals surface area contributed by atoms with Gasteiger partial charge in [-0.3, -0.25) is 0 Å². The summed E-state index contributed by atoms with van der Waals surface area (Å²) in [6, 6.07) is 10.4. The van der Waals surface area contributed by atoms with Gasteiger partial charge in [0.15, 0.2) is 0 Å². The fourth-order valence-corrected chi connectivity index (χ4v) is 5.83. The van der Waals surface area contributed by atoms with Gasteiger partial charge < -0.3 is 0 Å². The summed E-state index contributed by atoms with van der Waals surface area (Å²) in [5, 5.41) is 0. The van der Waals surface area contributed by atoms with Gasteiger partial charge >= 0.3 is 0 Å². The van der Waals surface area contributed by atoms with E-state index in [2.05, 4.69) is 81.4 Å². The Hall–Kier alpha value is 0.0900. The first-order valence-corrected chi connectivity index (χ1v) is 10.6. The average Bonchev–Trinajstić information content (AvgIpc) is 2.34. The second-order valence-corrected chi connectivity index (χ2v) is 12.9. The summed E-state index contributed by atoms with van der Waals surface area (Å²) in [6.45, 7) is 21.1. The highest BCUT2D eigenvalue weighted by atomic mass is 35.5. The molecule has 0 aromatic heterocycles. The van der Waals surface area contributed by atoms with Gasteiger partial charge in [0.25, 0.3) is 0 Å². The summed E-state index contributed by atoms with van der Waals surface area (Å²) in [5.41, 5.74) is 1.30. The summed E-state index contributed by atoms with van der Waals surface area (Å²) in [5.74, 6) is 0. The Balaban J connectivity index is 0.000000590. The molecule has 0 fully saturated rings. The lowest BCUT2D eigenvalue weighted by Crippen LogP contribution is -2.55. The number of hydrogen-bond donors (Lipinski definition) is 0. The van der Waals surface area contributed by atoms with Crippen LogP contribution >= 0.6 is 34.8 Å². The van der Waals surface area contributed by atoms with Gasteiger partial charge in [-0.1, -0.05) is 58.0 Å². The predicted octanol–water partition coefficient (Wildman–Crippen LogP) is 8.81. The van der Waals surface area contributed by atoms with Crippen molar-refractivity contribution in [2.75, 3.05) is 0 Å². The monoisotopic (exact) mass is 420 g/mol. The van der Waals surface area contributed by atoms with Crippen molar-refractivity contribution >= 4 is 34.8 Å². The van der Waals surface area contributed by atoms with Crippen LogP contribution in [-0.4, -0.2) is 14.6 Å². The SMILES string of the molecule is CC(C)(C)CC(C)(C)Cl.CCC(c1ccccc1)(C(C)(C)Cl)C(C)(C)Cl. The lowest BCUT2D eigenvalue weighted by molar-refractivity contribution is 0.252. The normalized spacial score (nSPS) is 13.9. The third-order valence-corrected chi connectivity index (χ3v) is 5.56. The van der Waals surface area contributed by atoms with Crippen LogP contribution in [0.4, 0.5) is 0 Å². The number of benzene rings is 1. The maximum absolute atomic E-state index is 6.69. The molecular formula is C23H39Cl3.